The van der Waals surface area contributed by atoms with Crippen LogP contribution in [-0.2, 0) is 0 Å². The second kappa shape index (κ2) is 8.97. The Kier molecular flexibility index (Phi) is 14.2. The van der Waals surface area contributed by atoms with E-state index in [1.807, 2.05) is 0 Å². The summed E-state index contributed by atoms with van der Waals surface area (Å²) < 4.78 is 0. The highest BCUT2D eigenvalue weighted by molar-refractivity contribution is 7.38. The van der Waals surface area contributed by atoms with Gasteiger partial charge in [0.1, 0.15) is 0 Å². The summed E-state index contributed by atoms with van der Waals surface area (Å²) in [5, 5.41) is 6.50. The van der Waals surface area contributed by atoms with E-state index in [1.54, 1.807) is 0 Å². The first kappa shape index (κ1) is 9.52. The smallest absolute Gasteiger partial charge is 0.324 e. The number of hydrogen-bond donors (Lipinski definition) is 5. The predicted octanol–water partition coefficient (Wildman–Crippen LogP) is -1.48. The molecule has 0 bridgehead atoms. The molecule has 0 saturated heterocycles. The molecule has 0 rings (SSSR count). The van der Waals surface area contributed by atoms with Crippen molar-refractivity contribution in [1.82, 2.24) is 0 Å². The summed E-state index contributed by atoms with van der Waals surface area (Å²) in [6, 6.07) is 0. The first-order chi connectivity index (χ1) is 2.73. The Morgan fingerprint density at radius 2 is 1.00 bits per heavy atom. The molecule has 5 nitrogen and oxygen atoms in total. The molecule has 0 atom stereocenters. The lowest BCUT2D eigenvalue weighted by Gasteiger charge is -1.76. The standard InChI is InChI=1S/H3NO.H3O3P/c1-2;1-4(2)3/h2H,1H2;1-3H. The van der Waals surface area contributed by atoms with Gasteiger partial charge in [0.2, 0.25) is 0 Å². The van der Waals surface area contributed by atoms with Crippen LogP contribution in [-0.4, -0.2) is 19.9 Å². The molecule has 0 radical (unpaired) electrons. The van der Waals surface area contributed by atoms with E-state index >= 15 is 0 Å². The Balaban J connectivity index is 0. The molecule has 0 amide bonds. The van der Waals surface area contributed by atoms with Crippen LogP contribution in [0.2, 0.25) is 0 Å². The average molecular weight is 115 g/mol. The van der Waals surface area contributed by atoms with Gasteiger partial charge in [-0.3, -0.25) is 0 Å². The summed E-state index contributed by atoms with van der Waals surface area (Å²) in [6.07, 6.45) is 0. The van der Waals surface area contributed by atoms with Crippen LogP contribution in [0.1, 0.15) is 0 Å². The number of hydrogen-bond acceptors (Lipinski definition) is 5. The van der Waals surface area contributed by atoms with Crippen molar-refractivity contribution in [1.29, 1.82) is 0 Å². The Morgan fingerprint density at radius 3 is 1.00 bits per heavy atom. The van der Waals surface area contributed by atoms with Crippen molar-refractivity contribution in [3.63, 3.8) is 0 Å². The molecule has 40 valence electrons. The predicted molar refractivity (Wildman–Crippen MR) is 19.6 cm³/mol. The topological polar surface area (TPSA) is 107 Å². The summed E-state index contributed by atoms with van der Waals surface area (Å²) in [5.74, 6) is 3.50. The highest BCUT2D eigenvalue weighted by Gasteiger charge is 1.76. The van der Waals surface area contributed by atoms with E-state index in [-0.39, 0.29) is 0 Å². The third-order valence-corrected chi connectivity index (χ3v) is 0. The zero-order chi connectivity index (χ0) is 5.58. The van der Waals surface area contributed by atoms with Crippen molar-refractivity contribution in [3.8, 4) is 0 Å². The van der Waals surface area contributed by atoms with Crippen LogP contribution in [0.3, 0.4) is 0 Å². The van der Waals surface area contributed by atoms with E-state index in [9.17, 15) is 0 Å². The molecular formula is H6NO4P. The SMILES string of the molecule is NO.OP(O)O. The highest BCUT2D eigenvalue weighted by atomic mass is 31.2. The van der Waals surface area contributed by atoms with E-state index in [2.05, 4.69) is 5.90 Å². The molecule has 0 aliphatic heterocycles. The summed E-state index contributed by atoms with van der Waals surface area (Å²) in [5.41, 5.74) is 0. The van der Waals surface area contributed by atoms with Crippen LogP contribution in [0.4, 0.5) is 0 Å². The fourth-order valence-electron chi connectivity index (χ4n) is 0. The maximum atomic E-state index is 7.23. The first-order valence-corrected chi connectivity index (χ1v) is 2.06. The van der Waals surface area contributed by atoms with Crippen LogP contribution in [0.15, 0.2) is 0 Å². The maximum absolute atomic E-state index is 7.23. The first-order valence-electron chi connectivity index (χ1n) is 0.858. The lowest BCUT2D eigenvalue weighted by molar-refractivity contribution is 0.311. The zero-order valence-electron chi connectivity index (χ0n) is 2.81. The van der Waals surface area contributed by atoms with Gasteiger partial charge in [0.15, 0.2) is 0 Å². The van der Waals surface area contributed by atoms with Gasteiger partial charge in [-0.1, -0.05) is 0 Å². The maximum Gasteiger partial charge on any atom is 0.324 e. The van der Waals surface area contributed by atoms with Crippen LogP contribution < -0.4 is 5.90 Å². The molecule has 0 aromatic heterocycles. The third kappa shape index (κ3) is 834. The van der Waals surface area contributed by atoms with E-state index in [4.69, 9.17) is 19.9 Å². The third-order valence-electron chi connectivity index (χ3n) is 0. The molecule has 0 heterocycles. The minimum absolute atomic E-state index is 2.62. The summed E-state index contributed by atoms with van der Waals surface area (Å²) >= 11 is 0. The molecule has 0 unspecified atom stereocenters. The summed E-state index contributed by atoms with van der Waals surface area (Å²) in [6.45, 7) is 0. The van der Waals surface area contributed by atoms with Gasteiger partial charge in [0.05, 0.1) is 0 Å². The van der Waals surface area contributed by atoms with Gasteiger partial charge < -0.3 is 19.9 Å². The molecular weight excluding hydrogens is 109 g/mol. The van der Waals surface area contributed by atoms with Crippen molar-refractivity contribution >= 4 is 8.60 Å². The molecule has 6 heteroatoms. The van der Waals surface area contributed by atoms with Crippen LogP contribution in [0.25, 0.3) is 0 Å². The molecule has 0 fully saturated rings. The van der Waals surface area contributed by atoms with Crippen molar-refractivity contribution in [2.24, 2.45) is 5.90 Å². The second-order valence-electron chi connectivity index (χ2n) is 0.268. The minimum Gasteiger partial charge on any atom is -0.328 e. The molecule has 0 aromatic carbocycles. The molecule has 0 aliphatic rings. The fourth-order valence-corrected chi connectivity index (χ4v) is 0. The zero-order valence-corrected chi connectivity index (χ0v) is 3.71. The Bertz CT molecular complexity index is 12.3. The van der Waals surface area contributed by atoms with Gasteiger partial charge in [0, 0.05) is 0 Å². The quantitative estimate of drug-likeness (QED) is 0.195. The summed E-state index contributed by atoms with van der Waals surface area (Å²) in [4.78, 5) is 21.7. The van der Waals surface area contributed by atoms with Crippen molar-refractivity contribution in [2.75, 3.05) is 0 Å². The number of rotatable bonds is 0. The van der Waals surface area contributed by atoms with Crippen molar-refractivity contribution < 1.29 is 19.9 Å². The van der Waals surface area contributed by atoms with Crippen LogP contribution >= 0.6 is 8.60 Å². The Hall–Kier alpha value is 0.230. The normalized spacial score (nSPS) is 7.00. The largest absolute Gasteiger partial charge is 0.328 e. The van der Waals surface area contributed by atoms with Gasteiger partial charge in [-0.15, -0.1) is 0 Å². The van der Waals surface area contributed by atoms with Gasteiger partial charge in [-0.2, -0.15) is 0 Å². The summed E-state index contributed by atoms with van der Waals surface area (Å²) in [7, 11) is -2.62. The van der Waals surface area contributed by atoms with E-state index in [0.29, 0.717) is 0 Å². The highest BCUT2D eigenvalue weighted by Crippen LogP contribution is 2.11. The van der Waals surface area contributed by atoms with Gasteiger partial charge in [-0.25, -0.2) is 5.90 Å². The fraction of sp³-hybridized carbons (Fsp3) is 0. The molecule has 6 N–H and O–H groups in total. The lowest BCUT2D eigenvalue weighted by Crippen LogP contribution is -1.72. The van der Waals surface area contributed by atoms with Gasteiger partial charge in [-0.05, 0) is 0 Å². The van der Waals surface area contributed by atoms with Crippen LogP contribution in [0.5, 0.6) is 0 Å². The van der Waals surface area contributed by atoms with E-state index in [1.165, 1.54) is 0 Å². The average Bonchev–Trinajstić information content (AvgIpc) is 1.41. The van der Waals surface area contributed by atoms with Crippen molar-refractivity contribution in [2.45, 2.75) is 0 Å². The molecule has 0 aromatic rings. The Labute approximate surface area is 35.6 Å². The van der Waals surface area contributed by atoms with Crippen molar-refractivity contribution in [3.05, 3.63) is 0 Å². The van der Waals surface area contributed by atoms with Gasteiger partial charge in [0.25, 0.3) is 0 Å². The molecule has 0 spiro atoms. The molecule has 0 saturated carbocycles. The number of nitrogens with two attached hydrogens (primary N) is 1. The second-order valence-corrected chi connectivity index (χ2v) is 0.805. The molecule has 6 heavy (non-hydrogen) atoms. The lowest BCUT2D eigenvalue weighted by atomic mass is 13.6. The van der Waals surface area contributed by atoms with Crippen LogP contribution in [0, 0.1) is 0 Å². The monoisotopic (exact) mass is 115 g/mol. The van der Waals surface area contributed by atoms with E-state index < -0.39 is 8.60 Å². The molecule has 0 aliphatic carbocycles. The minimum atomic E-state index is -2.62. The van der Waals surface area contributed by atoms with E-state index in [0.717, 1.165) is 0 Å². The Morgan fingerprint density at radius 1 is 1.00 bits per heavy atom. The van der Waals surface area contributed by atoms with Gasteiger partial charge >= 0.3 is 8.60 Å².